The van der Waals surface area contributed by atoms with Gasteiger partial charge in [-0.1, -0.05) is 37.5 Å². The molecule has 2 unspecified atom stereocenters. The minimum atomic E-state index is -1.06. The number of nitrogens with zero attached hydrogens (tertiary/aromatic N) is 1. The van der Waals surface area contributed by atoms with Crippen LogP contribution in [0.15, 0.2) is 18.2 Å². The smallest absolute Gasteiger partial charge is 0.408 e. The molecule has 1 aromatic rings. The maximum absolute atomic E-state index is 14.2. The number of hydrogen-bond acceptors (Lipinski definition) is 5. The third-order valence-electron chi connectivity index (χ3n) is 7.28. The van der Waals surface area contributed by atoms with Crippen LogP contribution in [-0.4, -0.2) is 52.4 Å². The quantitative estimate of drug-likeness (QED) is 0.423. The molecular formula is C29H44N4O5. The lowest BCUT2D eigenvalue weighted by atomic mass is 9.92. The minimum Gasteiger partial charge on any atom is -0.444 e. The highest BCUT2D eigenvalue weighted by atomic mass is 16.6. The molecule has 2 atom stereocenters. The van der Waals surface area contributed by atoms with Crippen molar-refractivity contribution in [1.29, 1.82) is 0 Å². The lowest BCUT2D eigenvalue weighted by molar-refractivity contribution is -0.143. The molecule has 4 N–H and O–H groups in total. The molecule has 0 heterocycles. The molecule has 2 fully saturated rings. The van der Waals surface area contributed by atoms with Crippen LogP contribution >= 0.6 is 0 Å². The van der Waals surface area contributed by atoms with E-state index in [1.54, 1.807) is 25.7 Å². The van der Waals surface area contributed by atoms with Gasteiger partial charge in [-0.15, -0.1) is 0 Å². The Morgan fingerprint density at radius 2 is 1.71 bits per heavy atom. The number of nitrogens with one attached hydrogen (secondary N) is 2. The fourth-order valence-corrected chi connectivity index (χ4v) is 5.06. The Labute approximate surface area is 226 Å². The van der Waals surface area contributed by atoms with Crippen molar-refractivity contribution in [3.05, 3.63) is 34.9 Å². The molecule has 0 bridgehead atoms. The number of aryl methyl sites for hydroxylation is 1. The minimum absolute atomic E-state index is 0.0143. The van der Waals surface area contributed by atoms with Gasteiger partial charge < -0.3 is 26.0 Å². The maximum atomic E-state index is 14.2. The van der Waals surface area contributed by atoms with Gasteiger partial charge in [-0.2, -0.15) is 0 Å². The van der Waals surface area contributed by atoms with E-state index in [1.165, 1.54) is 0 Å². The van der Waals surface area contributed by atoms with Crippen molar-refractivity contribution in [1.82, 2.24) is 15.5 Å². The van der Waals surface area contributed by atoms with Gasteiger partial charge in [0.25, 0.3) is 0 Å². The molecule has 3 rings (SSSR count). The van der Waals surface area contributed by atoms with Crippen LogP contribution in [0.5, 0.6) is 0 Å². The zero-order chi connectivity index (χ0) is 28.0. The molecule has 0 saturated heterocycles. The van der Waals surface area contributed by atoms with E-state index in [1.807, 2.05) is 32.0 Å². The Bertz CT molecular complexity index is 1020. The summed E-state index contributed by atoms with van der Waals surface area (Å²) in [6, 6.07) is 3.80. The highest BCUT2D eigenvalue weighted by Crippen LogP contribution is 2.37. The lowest BCUT2D eigenvalue weighted by Crippen LogP contribution is -2.54. The second kappa shape index (κ2) is 12.6. The van der Waals surface area contributed by atoms with E-state index in [4.69, 9.17) is 10.5 Å². The van der Waals surface area contributed by atoms with Crippen molar-refractivity contribution in [2.45, 2.75) is 122 Å². The summed E-state index contributed by atoms with van der Waals surface area (Å²) >= 11 is 0. The number of ether oxygens (including phenoxy) is 1. The third kappa shape index (κ3) is 8.20. The molecule has 0 aromatic heterocycles. The van der Waals surface area contributed by atoms with Gasteiger partial charge >= 0.3 is 6.09 Å². The number of amides is 4. The predicted octanol–water partition coefficient (Wildman–Crippen LogP) is 3.94. The first-order valence-corrected chi connectivity index (χ1v) is 13.8. The van der Waals surface area contributed by atoms with Crippen molar-refractivity contribution in [3.8, 4) is 0 Å². The second-order valence-electron chi connectivity index (χ2n) is 11.7. The number of rotatable bonds is 10. The van der Waals surface area contributed by atoms with Gasteiger partial charge in [-0.3, -0.25) is 14.4 Å². The standard InChI is InChI=1S/C29H44N4O5/c1-18-10-9-13-22(19(18)2)25(26(35)31-20-11-7-6-8-12-20)33(21-14-15-21)27(36)23(16-17-24(30)34)32-28(37)38-29(3,4)5/h9-10,13,20-21,23,25H,6-8,11-12,14-17H2,1-5H3,(H2,30,34)(H,31,35)(H,32,37). The van der Waals surface area contributed by atoms with Gasteiger partial charge in [0.1, 0.15) is 17.7 Å². The molecule has 0 aliphatic heterocycles. The molecule has 4 amide bonds. The van der Waals surface area contributed by atoms with Crippen LogP contribution in [0.25, 0.3) is 0 Å². The zero-order valence-corrected chi connectivity index (χ0v) is 23.5. The second-order valence-corrected chi connectivity index (χ2v) is 11.7. The molecule has 210 valence electrons. The van der Waals surface area contributed by atoms with Crippen molar-refractivity contribution in [2.24, 2.45) is 5.73 Å². The van der Waals surface area contributed by atoms with Crippen LogP contribution in [0.1, 0.15) is 101 Å². The fourth-order valence-electron chi connectivity index (χ4n) is 5.06. The Balaban J connectivity index is 1.97. The number of carbonyl (C=O) groups excluding carboxylic acids is 4. The number of primary amides is 1. The van der Waals surface area contributed by atoms with Crippen molar-refractivity contribution in [2.75, 3.05) is 0 Å². The molecule has 2 aliphatic rings. The molecular weight excluding hydrogens is 484 g/mol. The fraction of sp³-hybridized carbons (Fsp3) is 0.655. The number of benzene rings is 1. The highest BCUT2D eigenvalue weighted by Gasteiger charge is 2.45. The van der Waals surface area contributed by atoms with Gasteiger partial charge in [0.2, 0.25) is 17.7 Å². The summed E-state index contributed by atoms with van der Waals surface area (Å²) in [5, 5.41) is 5.88. The normalized spacial score (nSPS) is 17.7. The number of nitrogens with two attached hydrogens (primary N) is 1. The molecule has 0 radical (unpaired) electrons. The number of alkyl carbamates (subject to hydrolysis) is 1. The summed E-state index contributed by atoms with van der Waals surface area (Å²) in [5.74, 6) is -1.20. The van der Waals surface area contributed by atoms with Gasteiger partial charge in [-0.25, -0.2) is 4.79 Å². The van der Waals surface area contributed by atoms with Crippen LogP contribution in [0.4, 0.5) is 4.79 Å². The van der Waals surface area contributed by atoms with E-state index >= 15 is 0 Å². The van der Waals surface area contributed by atoms with Crippen molar-refractivity contribution < 1.29 is 23.9 Å². The van der Waals surface area contributed by atoms with E-state index in [9.17, 15) is 19.2 Å². The Hall–Kier alpha value is -3.10. The van der Waals surface area contributed by atoms with E-state index in [0.717, 1.165) is 61.6 Å². The highest BCUT2D eigenvalue weighted by molar-refractivity contribution is 5.93. The van der Waals surface area contributed by atoms with E-state index in [0.29, 0.717) is 0 Å². The molecule has 2 saturated carbocycles. The van der Waals surface area contributed by atoms with Gasteiger partial charge in [0.05, 0.1) is 0 Å². The van der Waals surface area contributed by atoms with Gasteiger partial charge in [0, 0.05) is 18.5 Å². The monoisotopic (exact) mass is 528 g/mol. The maximum Gasteiger partial charge on any atom is 0.408 e. The molecule has 9 heteroatoms. The first-order valence-electron chi connectivity index (χ1n) is 13.8. The summed E-state index contributed by atoms with van der Waals surface area (Å²) in [5.41, 5.74) is 7.37. The molecule has 38 heavy (non-hydrogen) atoms. The van der Waals surface area contributed by atoms with Crippen molar-refractivity contribution >= 4 is 23.8 Å². The zero-order valence-electron chi connectivity index (χ0n) is 23.5. The van der Waals surface area contributed by atoms with Gasteiger partial charge in [-0.05, 0) is 83.4 Å². The van der Waals surface area contributed by atoms with Gasteiger partial charge in [0.15, 0.2) is 0 Å². The van der Waals surface area contributed by atoms with Crippen LogP contribution in [-0.2, 0) is 19.1 Å². The van der Waals surface area contributed by atoms with Crippen LogP contribution in [0.2, 0.25) is 0 Å². The van der Waals surface area contributed by atoms with Crippen LogP contribution in [0, 0.1) is 13.8 Å². The third-order valence-corrected chi connectivity index (χ3v) is 7.28. The number of hydrogen-bond donors (Lipinski definition) is 3. The average molecular weight is 529 g/mol. The Morgan fingerprint density at radius 1 is 1.05 bits per heavy atom. The SMILES string of the molecule is Cc1cccc(C(C(=O)NC2CCCCC2)N(C(=O)C(CCC(N)=O)NC(=O)OC(C)(C)C)C2CC2)c1C. The summed E-state index contributed by atoms with van der Waals surface area (Å²) < 4.78 is 5.39. The summed E-state index contributed by atoms with van der Waals surface area (Å²) in [7, 11) is 0. The summed E-state index contributed by atoms with van der Waals surface area (Å²) in [6.45, 7) is 9.14. The molecule has 1 aromatic carbocycles. The van der Waals surface area contributed by atoms with E-state index in [2.05, 4.69) is 10.6 Å². The topological polar surface area (TPSA) is 131 Å². The predicted molar refractivity (Wildman–Crippen MR) is 145 cm³/mol. The molecule has 2 aliphatic carbocycles. The Morgan fingerprint density at radius 3 is 2.29 bits per heavy atom. The van der Waals surface area contributed by atoms with E-state index < -0.39 is 35.6 Å². The van der Waals surface area contributed by atoms with Crippen LogP contribution < -0.4 is 16.4 Å². The molecule has 9 nitrogen and oxygen atoms in total. The molecule has 0 spiro atoms. The first-order chi connectivity index (χ1) is 17.9. The summed E-state index contributed by atoms with van der Waals surface area (Å²) in [6.07, 6.45) is 5.83. The van der Waals surface area contributed by atoms with Crippen molar-refractivity contribution in [3.63, 3.8) is 0 Å². The largest absolute Gasteiger partial charge is 0.444 e. The first kappa shape index (κ1) is 29.5. The van der Waals surface area contributed by atoms with E-state index in [-0.39, 0.29) is 30.8 Å². The lowest BCUT2D eigenvalue weighted by Gasteiger charge is -2.36. The average Bonchev–Trinajstić information content (AvgIpc) is 3.66. The van der Waals surface area contributed by atoms with Crippen LogP contribution in [0.3, 0.4) is 0 Å². The number of carbonyl (C=O) groups is 4. The Kier molecular flexibility index (Phi) is 9.79. The summed E-state index contributed by atoms with van der Waals surface area (Å²) in [4.78, 5) is 54.0.